The Morgan fingerprint density at radius 2 is 1.74 bits per heavy atom. The molecule has 19 heavy (non-hydrogen) atoms. The van der Waals surface area contributed by atoms with E-state index in [-0.39, 0.29) is 31.2 Å². The third-order valence-electron chi connectivity index (χ3n) is 2.59. The van der Waals surface area contributed by atoms with E-state index in [1.807, 2.05) is 30.3 Å². The van der Waals surface area contributed by atoms with E-state index in [0.29, 0.717) is 19.4 Å². The first-order valence-corrected chi connectivity index (χ1v) is 6.19. The molecule has 0 aromatic heterocycles. The van der Waals surface area contributed by atoms with Gasteiger partial charge in [0.05, 0.1) is 6.42 Å². The fourth-order valence-electron chi connectivity index (χ4n) is 1.64. The van der Waals surface area contributed by atoms with Crippen LogP contribution in [0, 0.1) is 0 Å². The van der Waals surface area contributed by atoms with Gasteiger partial charge >= 0.3 is 18.9 Å². The van der Waals surface area contributed by atoms with Gasteiger partial charge in [0.1, 0.15) is 0 Å². The van der Waals surface area contributed by atoms with E-state index in [1.165, 1.54) is 0 Å². The number of carbonyl (C=O) groups excluding carboxylic acids is 2. The van der Waals surface area contributed by atoms with Crippen LogP contribution in [0.25, 0.3) is 0 Å². The molecule has 0 saturated heterocycles. The van der Waals surface area contributed by atoms with Gasteiger partial charge in [0.2, 0.25) is 5.91 Å². The normalized spacial score (nSPS) is 9.47. The van der Waals surface area contributed by atoms with Crippen LogP contribution in [0.3, 0.4) is 0 Å². The molecule has 0 heterocycles. The predicted molar refractivity (Wildman–Crippen MR) is 66.6 cm³/mol. The van der Waals surface area contributed by atoms with Crippen molar-refractivity contribution in [3.8, 4) is 0 Å². The summed E-state index contributed by atoms with van der Waals surface area (Å²) in [5.41, 5.74) is 0.993. The number of nitrogens with one attached hydrogen (secondary N) is 1. The van der Waals surface area contributed by atoms with Crippen molar-refractivity contribution in [1.82, 2.24) is 5.32 Å². The van der Waals surface area contributed by atoms with Crippen LogP contribution in [0.1, 0.15) is 31.2 Å². The zero-order valence-corrected chi connectivity index (χ0v) is 11.4. The van der Waals surface area contributed by atoms with Crippen LogP contribution in [0.15, 0.2) is 30.3 Å². The number of unbranched alkanes of at least 4 members (excludes halogenated alkanes) is 2. The first kappa shape index (κ1) is 17.8. The van der Waals surface area contributed by atoms with Crippen molar-refractivity contribution in [1.29, 1.82) is 0 Å². The van der Waals surface area contributed by atoms with Crippen molar-refractivity contribution in [2.75, 3.05) is 6.54 Å². The van der Waals surface area contributed by atoms with Gasteiger partial charge in [0, 0.05) is 12.5 Å². The summed E-state index contributed by atoms with van der Waals surface area (Å²) in [5.74, 6) is -1.01. The van der Waals surface area contributed by atoms with E-state index in [0.717, 1.165) is 18.4 Å². The zero-order chi connectivity index (χ0) is 13.2. The van der Waals surface area contributed by atoms with Gasteiger partial charge in [0.15, 0.2) is 0 Å². The number of carboxylic acid groups (broad SMARTS) is 1. The molecule has 1 aromatic rings. The minimum atomic E-state index is -1.01. The summed E-state index contributed by atoms with van der Waals surface area (Å²) in [6, 6.07) is 9.56. The van der Waals surface area contributed by atoms with E-state index < -0.39 is 5.97 Å². The summed E-state index contributed by atoms with van der Waals surface area (Å²) in [5, 5.41) is 13.0. The van der Waals surface area contributed by atoms with Crippen molar-refractivity contribution in [2.24, 2.45) is 0 Å². The molecule has 0 fully saturated rings. The zero-order valence-electron chi connectivity index (χ0n) is 11.4. The SMILES string of the molecule is O=C([O-])CCCCCNC(=O)Cc1ccccc1.[Li+]. The van der Waals surface area contributed by atoms with Gasteiger partial charge in [-0.1, -0.05) is 36.8 Å². The van der Waals surface area contributed by atoms with Gasteiger partial charge in [-0.05, 0) is 24.8 Å². The molecular weight excluding hydrogens is 237 g/mol. The number of amides is 1. The van der Waals surface area contributed by atoms with E-state index in [4.69, 9.17) is 0 Å². The Balaban J connectivity index is 0.00000324. The Morgan fingerprint density at radius 1 is 1.05 bits per heavy atom. The molecule has 0 aliphatic carbocycles. The third kappa shape index (κ3) is 9.35. The van der Waals surface area contributed by atoms with Crippen molar-refractivity contribution in [3.05, 3.63) is 35.9 Å². The number of hydrogen-bond acceptors (Lipinski definition) is 3. The van der Waals surface area contributed by atoms with Crippen molar-refractivity contribution < 1.29 is 33.6 Å². The molecule has 0 atom stereocenters. The van der Waals surface area contributed by atoms with Crippen molar-refractivity contribution in [2.45, 2.75) is 32.1 Å². The second kappa shape index (κ2) is 10.7. The monoisotopic (exact) mass is 255 g/mol. The smallest absolute Gasteiger partial charge is 0.550 e. The van der Waals surface area contributed by atoms with Gasteiger partial charge < -0.3 is 15.2 Å². The molecule has 1 rings (SSSR count). The largest absolute Gasteiger partial charge is 1.00 e. The third-order valence-corrected chi connectivity index (χ3v) is 2.59. The number of aliphatic carboxylic acids is 1. The Morgan fingerprint density at radius 3 is 2.37 bits per heavy atom. The molecule has 1 aromatic carbocycles. The molecule has 0 bridgehead atoms. The maximum Gasteiger partial charge on any atom is 1.00 e. The molecular formula is C14H18LiNO3. The molecule has 5 heteroatoms. The van der Waals surface area contributed by atoms with Crippen LogP contribution in [-0.2, 0) is 16.0 Å². The summed E-state index contributed by atoms with van der Waals surface area (Å²) in [6.45, 7) is 0.596. The van der Waals surface area contributed by atoms with E-state index >= 15 is 0 Å². The number of rotatable bonds is 8. The molecule has 1 N–H and O–H groups in total. The number of hydrogen-bond donors (Lipinski definition) is 1. The fraction of sp³-hybridized carbons (Fsp3) is 0.429. The van der Waals surface area contributed by atoms with Crippen LogP contribution >= 0.6 is 0 Å². The Bertz CT molecular complexity index is 382. The number of carboxylic acids is 1. The molecule has 4 nitrogen and oxygen atoms in total. The van der Waals surface area contributed by atoms with Crippen LogP contribution in [0.2, 0.25) is 0 Å². The quantitative estimate of drug-likeness (QED) is 0.418. The van der Waals surface area contributed by atoms with Gasteiger partial charge in [-0.2, -0.15) is 0 Å². The second-order valence-corrected chi connectivity index (χ2v) is 4.19. The second-order valence-electron chi connectivity index (χ2n) is 4.19. The summed E-state index contributed by atoms with van der Waals surface area (Å²) in [7, 11) is 0. The molecule has 1 amide bonds. The molecule has 0 radical (unpaired) electrons. The minimum absolute atomic E-state index is 0. The minimum Gasteiger partial charge on any atom is -0.550 e. The standard InChI is InChI=1S/C14H19NO3.Li/c16-13(11-12-7-3-1-4-8-12)15-10-6-2-5-9-14(17)18;/h1,3-4,7-8H,2,5-6,9-11H2,(H,15,16)(H,17,18);/q;+1/p-1. The maximum atomic E-state index is 11.5. The molecule has 0 saturated carbocycles. The van der Waals surface area contributed by atoms with Crippen LogP contribution < -0.4 is 29.3 Å². The Hall–Kier alpha value is -1.24. The van der Waals surface area contributed by atoms with Crippen molar-refractivity contribution in [3.63, 3.8) is 0 Å². The summed E-state index contributed by atoms with van der Waals surface area (Å²) >= 11 is 0. The van der Waals surface area contributed by atoms with E-state index in [9.17, 15) is 14.7 Å². The van der Waals surface area contributed by atoms with Gasteiger partial charge in [-0.3, -0.25) is 4.79 Å². The molecule has 0 spiro atoms. The molecule has 0 aliphatic rings. The molecule has 0 unspecified atom stereocenters. The van der Waals surface area contributed by atoms with E-state index in [1.54, 1.807) is 0 Å². The summed E-state index contributed by atoms with van der Waals surface area (Å²) in [6.07, 6.45) is 2.68. The topological polar surface area (TPSA) is 69.2 Å². The molecule has 98 valence electrons. The maximum absolute atomic E-state index is 11.5. The Kier molecular flexibility index (Phi) is 9.96. The first-order valence-electron chi connectivity index (χ1n) is 6.19. The molecule has 0 aliphatic heterocycles. The van der Waals surface area contributed by atoms with Gasteiger partial charge in [-0.25, -0.2) is 0 Å². The Labute approximate surface area is 125 Å². The summed E-state index contributed by atoms with van der Waals surface area (Å²) in [4.78, 5) is 21.7. The van der Waals surface area contributed by atoms with Crippen molar-refractivity contribution >= 4 is 11.9 Å². The van der Waals surface area contributed by atoms with Gasteiger partial charge in [0.25, 0.3) is 0 Å². The number of benzene rings is 1. The fourth-order valence-corrected chi connectivity index (χ4v) is 1.64. The van der Waals surface area contributed by atoms with E-state index in [2.05, 4.69) is 5.32 Å². The van der Waals surface area contributed by atoms with Crippen LogP contribution in [-0.4, -0.2) is 18.4 Å². The average Bonchev–Trinajstić information content (AvgIpc) is 2.34. The predicted octanol–water partition coefficient (Wildman–Crippen LogP) is -2.34. The van der Waals surface area contributed by atoms with Gasteiger partial charge in [-0.15, -0.1) is 0 Å². The first-order chi connectivity index (χ1) is 8.68. The number of carbonyl (C=O) groups is 2. The van der Waals surface area contributed by atoms with Crippen LogP contribution in [0.4, 0.5) is 0 Å². The summed E-state index contributed by atoms with van der Waals surface area (Å²) < 4.78 is 0. The van der Waals surface area contributed by atoms with Crippen LogP contribution in [0.5, 0.6) is 0 Å². The average molecular weight is 255 g/mol.